The summed E-state index contributed by atoms with van der Waals surface area (Å²) in [6.45, 7) is 10.9. The number of nitrogens with zero attached hydrogens (tertiary/aromatic N) is 6. The lowest BCUT2D eigenvalue weighted by Crippen LogP contribution is -2.43. The summed E-state index contributed by atoms with van der Waals surface area (Å²) in [5, 5.41) is 2.97. The monoisotopic (exact) mass is 613 g/mol. The van der Waals surface area contributed by atoms with Gasteiger partial charge in [-0.1, -0.05) is 42.4 Å². The average molecular weight is 614 g/mol. The molecule has 0 aliphatic carbocycles. The van der Waals surface area contributed by atoms with E-state index in [1.165, 1.54) is 31.8 Å². The number of rotatable bonds is 7. The van der Waals surface area contributed by atoms with Gasteiger partial charge in [-0.3, -0.25) is 9.69 Å². The molecular formula is C35H42ClN6O2+. The van der Waals surface area contributed by atoms with Crippen LogP contribution in [0.3, 0.4) is 0 Å². The van der Waals surface area contributed by atoms with Crippen molar-refractivity contribution >= 4 is 46.0 Å². The second-order valence-electron chi connectivity index (χ2n) is 13.0. The smallest absolute Gasteiger partial charge is 0.434 e. The van der Waals surface area contributed by atoms with Gasteiger partial charge < -0.3 is 14.5 Å². The van der Waals surface area contributed by atoms with Crippen molar-refractivity contribution in [2.24, 2.45) is 5.92 Å². The van der Waals surface area contributed by atoms with E-state index < -0.39 is 0 Å². The molecule has 9 heteroatoms. The van der Waals surface area contributed by atoms with Gasteiger partial charge in [0.1, 0.15) is 6.61 Å². The molecule has 4 aliphatic heterocycles. The molecule has 5 heterocycles. The summed E-state index contributed by atoms with van der Waals surface area (Å²) in [4.78, 5) is 29.4. The summed E-state index contributed by atoms with van der Waals surface area (Å²) in [7, 11) is 2.07. The van der Waals surface area contributed by atoms with E-state index in [1.807, 2.05) is 17.0 Å². The van der Waals surface area contributed by atoms with Gasteiger partial charge in [-0.2, -0.15) is 4.98 Å². The molecule has 1 amide bonds. The lowest BCUT2D eigenvalue weighted by molar-refractivity contribution is -0.407. The number of ether oxygens (including phenoxy) is 1. The van der Waals surface area contributed by atoms with Gasteiger partial charge in [-0.25, -0.2) is 4.58 Å². The van der Waals surface area contributed by atoms with E-state index in [0.717, 1.165) is 71.0 Å². The molecule has 0 spiro atoms. The van der Waals surface area contributed by atoms with Crippen molar-refractivity contribution in [3.05, 3.63) is 65.3 Å². The average Bonchev–Trinajstić information content (AvgIpc) is 3.72. The Balaban J connectivity index is 1.22. The highest BCUT2D eigenvalue weighted by Crippen LogP contribution is 2.40. The zero-order valence-corrected chi connectivity index (χ0v) is 26.6. The molecule has 2 aromatic carbocycles. The van der Waals surface area contributed by atoms with Gasteiger partial charge in [0.15, 0.2) is 0 Å². The number of fused-ring (bicyclic) bond motifs is 3. The lowest BCUT2D eigenvalue weighted by atomic mass is 9.95. The third kappa shape index (κ3) is 5.26. The van der Waals surface area contributed by atoms with Crippen molar-refractivity contribution in [1.29, 1.82) is 0 Å². The highest BCUT2D eigenvalue weighted by molar-refractivity contribution is 6.36. The third-order valence-corrected chi connectivity index (χ3v) is 10.6. The molecule has 0 N–H and O–H groups in total. The van der Waals surface area contributed by atoms with Crippen LogP contribution in [0.2, 0.25) is 5.02 Å². The van der Waals surface area contributed by atoms with Crippen LogP contribution in [0.1, 0.15) is 50.3 Å². The van der Waals surface area contributed by atoms with E-state index in [2.05, 4.69) is 65.4 Å². The van der Waals surface area contributed by atoms with Crippen LogP contribution in [0.25, 0.3) is 10.8 Å². The van der Waals surface area contributed by atoms with Crippen molar-refractivity contribution in [1.82, 2.24) is 19.8 Å². The molecular weight excluding hydrogens is 572 g/mol. The van der Waals surface area contributed by atoms with Crippen LogP contribution in [-0.4, -0.2) is 87.9 Å². The second-order valence-corrected chi connectivity index (χ2v) is 13.5. The first kappa shape index (κ1) is 29.2. The summed E-state index contributed by atoms with van der Waals surface area (Å²) in [6.07, 6.45) is 10.2. The van der Waals surface area contributed by atoms with Gasteiger partial charge in [0.25, 0.3) is 0 Å². The summed E-state index contributed by atoms with van der Waals surface area (Å²) in [6, 6.07) is 13.1. The van der Waals surface area contributed by atoms with Crippen LogP contribution >= 0.6 is 11.6 Å². The molecule has 1 aromatic heterocycles. The first-order valence-electron chi connectivity index (χ1n) is 16.1. The molecule has 4 aliphatic rings. The standard InChI is InChI=1S/C35H42ClN6O2/c1-4-31(43)42-21-25(19-24(42)2)20-39(3)33-27-13-18-40(30-12-6-10-26-9-5-11-28(36)32(26)30)22-29(27)37-34(38-33)44-23-35-14-7-16-41(35)17-8-15-35/h4-6,9-12,20,24-25H,1,7-8,13-19,21-23H2,2-3H3/q+1/t24-,25?/m1/s1. The molecule has 3 aromatic rings. The number of amides is 1. The molecule has 7 rings (SSSR count). The van der Waals surface area contributed by atoms with Crippen LogP contribution in [0.15, 0.2) is 49.1 Å². The quantitative estimate of drug-likeness (QED) is 0.196. The minimum absolute atomic E-state index is 0.00738. The lowest BCUT2D eigenvalue weighted by Gasteiger charge is -2.32. The number of carbonyl (C=O) groups is 1. The largest absolute Gasteiger partial charge is 0.443 e. The fraction of sp³-hybridized carbons (Fsp3) is 0.486. The Morgan fingerprint density at radius 3 is 2.70 bits per heavy atom. The fourth-order valence-electron chi connectivity index (χ4n) is 8.14. The molecule has 3 fully saturated rings. The first-order valence-corrected chi connectivity index (χ1v) is 16.4. The summed E-state index contributed by atoms with van der Waals surface area (Å²) in [5.41, 5.74) is 3.39. The van der Waals surface area contributed by atoms with E-state index in [1.54, 1.807) is 0 Å². The number of anilines is 1. The zero-order valence-electron chi connectivity index (χ0n) is 25.8. The van der Waals surface area contributed by atoms with Crippen molar-refractivity contribution < 1.29 is 14.1 Å². The third-order valence-electron chi connectivity index (χ3n) is 10.3. The molecule has 3 saturated heterocycles. The van der Waals surface area contributed by atoms with E-state index >= 15 is 0 Å². The number of hydrogen-bond acceptors (Lipinski definition) is 6. The van der Waals surface area contributed by atoms with Crippen LogP contribution in [-0.2, 0) is 17.8 Å². The molecule has 0 bridgehead atoms. The topological polar surface area (TPSA) is 64.8 Å². The molecule has 8 nitrogen and oxygen atoms in total. The van der Waals surface area contributed by atoms with Gasteiger partial charge >= 0.3 is 11.8 Å². The van der Waals surface area contributed by atoms with Crippen molar-refractivity contribution in [3.63, 3.8) is 0 Å². The zero-order chi connectivity index (χ0) is 30.4. The van der Waals surface area contributed by atoms with E-state index in [0.29, 0.717) is 25.7 Å². The number of halogens is 1. The van der Waals surface area contributed by atoms with Gasteiger partial charge in [0.05, 0.1) is 41.6 Å². The highest BCUT2D eigenvalue weighted by atomic mass is 35.5. The molecule has 44 heavy (non-hydrogen) atoms. The predicted octanol–water partition coefficient (Wildman–Crippen LogP) is 5.62. The number of carbonyl (C=O) groups excluding carboxylic acids is 1. The summed E-state index contributed by atoms with van der Waals surface area (Å²) >= 11 is 6.73. The first-order chi connectivity index (χ1) is 21.3. The van der Waals surface area contributed by atoms with Gasteiger partial charge in [0.2, 0.25) is 5.91 Å². The van der Waals surface area contributed by atoms with E-state index in [4.69, 9.17) is 26.3 Å². The molecule has 0 radical (unpaired) electrons. The number of likely N-dealkylation sites (tertiary alicyclic amines) is 1. The van der Waals surface area contributed by atoms with Crippen molar-refractivity contribution in [3.8, 4) is 6.01 Å². The SMILES string of the molecule is C=CC(=O)N1CC(C=[N+](C)c2nc(OCC34CCCN3CCC4)nc3c2CCN(c2cccc4cccc(Cl)c24)C3)C[C@H]1C. The minimum atomic E-state index is -0.00738. The fourth-order valence-corrected chi connectivity index (χ4v) is 8.42. The Bertz CT molecular complexity index is 1620. The van der Waals surface area contributed by atoms with Crippen LogP contribution in [0.5, 0.6) is 6.01 Å². The van der Waals surface area contributed by atoms with E-state index in [9.17, 15) is 4.79 Å². The predicted molar refractivity (Wildman–Crippen MR) is 175 cm³/mol. The Morgan fingerprint density at radius 1 is 1.16 bits per heavy atom. The van der Waals surface area contributed by atoms with Crippen molar-refractivity contribution in [2.75, 3.05) is 44.7 Å². The summed E-state index contributed by atoms with van der Waals surface area (Å²) in [5.74, 6) is 1.12. The Hall–Kier alpha value is -3.49. The van der Waals surface area contributed by atoms with Crippen LogP contribution in [0.4, 0.5) is 11.5 Å². The van der Waals surface area contributed by atoms with Gasteiger partial charge in [-0.05, 0) is 75.7 Å². The Morgan fingerprint density at radius 2 is 1.93 bits per heavy atom. The highest BCUT2D eigenvalue weighted by Gasteiger charge is 2.45. The van der Waals surface area contributed by atoms with Gasteiger partial charge in [0, 0.05) is 47.5 Å². The molecule has 2 atom stereocenters. The Labute approximate surface area is 265 Å². The maximum absolute atomic E-state index is 12.4. The minimum Gasteiger partial charge on any atom is -0.443 e. The Kier molecular flexibility index (Phi) is 7.83. The number of benzene rings is 2. The normalized spacial score (nSPS) is 23.2. The number of hydrogen-bond donors (Lipinski definition) is 0. The van der Waals surface area contributed by atoms with Gasteiger partial charge in [-0.15, -0.1) is 0 Å². The number of aromatic nitrogens is 2. The molecule has 230 valence electrons. The van der Waals surface area contributed by atoms with Crippen LogP contribution in [0, 0.1) is 5.92 Å². The van der Waals surface area contributed by atoms with Crippen molar-refractivity contribution in [2.45, 2.75) is 63.6 Å². The maximum Gasteiger partial charge on any atom is 0.434 e. The summed E-state index contributed by atoms with van der Waals surface area (Å²) < 4.78 is 8.67. The maximum atomic E-state index is 12.4. The molecule has 0 saturated carbocycles. The second kappa shape index (κ2) is 11.8. The van der Waals surface area contributed by atoms with Crippen LogP contribution < -0.4 is 9.64 Å². The molecule has 1 unspecified atom stereocenters. The van der Waals surface area contributed by atoms with E-state index in [-0.39, 0.29) is 23.4 Å².